The Labute approximate surface area is 165 Å². The normalized spacial score (nSPS) is 15.7. The summed E-state index contributed by atoms with van der Waals surface area (Å²) in [5, 5.41) is 0. The monoisotopic (exact) mass is 404 g/mol. The van der Waals surface area contributed by atoms with E-state index in [1.54, 1.807) is 47.0 Å². The Morgan fingerprint density at radius 2 is 1.70 bits per heavy atom. The van der Waals surface area contributed by atoms with Crippen LogP contribution in [0.15, 0.2) is 59.5 Å². The van der Waals surface area contributed by atoms with E-state index in [9.17, 15) is 13.2 Å². The zero-order chi connectivity index (χ0) is 19.3. The highest BCUT2D eigenvalue weighted by Gasteiger charge is 2.29. The van der Waals surface area contributed by atoms with Crippen LogP contribution < -0.4 is 0 Å². The van der Waals surface area contributed by atoms with Crippen molar-refractivity contribution in [3.8, 4) is 0 Å². The summed E-state index contributed by atoms with van der Waals surface area (Å²) in [7, 11) is -3.48. The molecule has 2 aromatic rings. The fourth-order valence-electron chi connectivity index (χ4n) is 3.07. The maximum absolute atomic E-state index is 12.6. The van der Waals surface area contributed by atoms with Crippen molar-refractivity contribution in [1.82, 2.24) is 9.21 Å². The minimum Gasteiger partial charge on any atom is -0.339 e. The van der Waals surface area contributed by atoms with Crippen LogP contribution in [-0.4, -0.2) is 55.5 Å². The molecule has 1 aliphatic heterocycles. The Kier molecular flexibility index (Phi) is 6.57. The lowest BCUT2D eigenvalue weighted by atomic mass is 10.2. The maximum atomic E-state index is 12.6. The lowest BCUT2D eigenvalue weighted by molar-refractivity contribution is -0.129. The largest absolute Gasteiger partial charge is 0.339 e. The molecule has 3 rings (SSSR count). The SMILES string of the molecule is Cc1cccc(CSCC(=O)N2CCN(S(=O)(=O)c3ccccc3)CC2)c1. The van der Waals surface area contributed by atoms with Gasteiger partial charge in [-0.25, -0.2) is 8.42 Å². The smallest absolute Gasteiger partial charge is 0.243 e. The van der Waals surface area contributed by atoms with Crippen LogP contribution in [-0.2, 0) is 20.6 Å². The Hall–Kier alpha value is -1.83. The number of piperazine rings is 1. The lowest BCUT2D eigenvalue weighted by Crippen LogP contribution is -2.50. The topological polar surface area (TPSA) is 57.7 Å². The van der Waals surface area contributed by atoms with Gasteiger partial charge in [-0.1, -0.05) is 48.0 Å². The summed E-state index contributed by atoms with van der Waals surface area (Å²) in [5.74, 6) is 1.29. The van der Waals surface area contributed by atoms with E-state index in [-0.39, 0.29) is 5.91 Å². The molecule has 1 heterocycles. The second-order valence-electron chi connectivity index (χ2n) is 6.58. The molecule has 1 aliphatic rings. The molecular formula is C20H24N2O3S2. The molecular weight excluding hydrogens is 380 g/mol. The Morgan fingerprint density at radius 1 is 1.00 bits per heavy atom. The summed E-state index contributed by atoms with van der Waals surface area (Å²) >= 11 is 1.60. The van der Waals surface area contributed by atoms with E-state index in [1.165, 1.54) is 15.4 Å². The van der Waals surface area contributed by atoms with Crippen molar-refractivity contribution in [2.24, 2.45) is 0 Å². The van der Waals surface area contributed by atoms with E-state index in [2.05, 4.69) is 25.1 Å². The van der Waals surface area contributed by atoms with E-state index < -0.39 is 10.0 Å². The second-order valence-corrected chi connectivity index (χ2v) is 9.50. The first-order valence-corrected chi connectivity index (χ1v) is 11.5. The van der Waals surface area contributed by atoms with Gasteiger partial charge in [-0.05, 0) is 24.6 Å². The van der Waals surface area contributed by atoms with Crippen LogP contribution in [0.3, 0.4) is 0 Å². The first-order valence-electron chi connectivity index (χ1n) is 8.93. The molecule has 0 saturated carbocycles. The highest BCUT2D eigenvalue weighted by molar-refractivity contribution is 7.99. The van der Waals surface area contributed by atoms with E-state index in [0.29, 0.717) is 36.8 Å². The molecule has 1 saturated heterocycles. The third-order valence-electron chi connectivity index (χ3n) is 4.55. The van der Waals surface area contributed by atoms with Crippen molar-refractivity contribution in [3.05, 3.63) is 65.7 Å². The van der Waals surface area contributed by atoms with E-state index in [0.717, 1.165) is 5.75 Å². The standard InChI is InChI=1S/C20H24N2O3S2/c1-17-6-5-7-18(14-17)15-26-16-20(23)21-10-12-22(13-11-21)27(24,25)19-8-3-2-4-9-19/h2-9,14H,10-13,15-16H2,1H3. The number of hydrogen-bond donors (Lipinski definition) is 0. The quantitative estimate of drug-likeness (QED) is 0.743. The number of carbonyl (C=O) groups is 1. The molecule has 1 fully saturated rings. The number of amides is 1. The second kappa shape index (κ2) is 8.91. The molecule has 0 radical (unpaired) electrons. The molecule has 1 amide bonds. The van der Waals surface area contributed by atoms with Gasteiger partial charge in [-0.3, -0.25) is 4.79 Å². The molecule has 0 aromatic heterocycles. The van der Waals surface area contributed by atoms with Crippen molar-refractivity contribution in [1.29, 1.82) is 0 Å². The van der Waals surface area contributed by atoms with Gasteiger partial charge in [0.1, 0.15) is 0 Å². The van der Waals surface area contributed by atoms with Gasteiger partial charge < -0.3 is 4.90 Å². The van der Waals surface area contributed by atoms with Gasteiger partial charge in [-0.2, -0.15) is 4.31 Å². The van der Waals surface area contributed by atoms with E-state index >= 15 is 0 Å². The summed E-state index contributed by atoms with van der Waals surface area (Å²) < 4.78 is 26.7. The first-order chi connectivity index (χ1) is 13.0. The van der Waals surface area contributed by atoms with Crippen molar-refractivity contribution >= 4 is 27.7 Å². The average Bonchev–Trinajstić information content (AvgIpc) is 2.69. The summed E-state index contributed by atoms with van der Waals surface area (Å²) in [6.07, 6.45) is 0. The van der Waals surface area contributed by atoms with Crippen LogP contribution in [0, 0.1) is 6.92 Å². The third-order valence-corrected chi connectivity index (χ3v) is 7.45. The molecule has 27 heavy (non-hydrogen) atoms. The van der Waals surface area contributed by atoms with Gasteiger partial charge >= 0.3 is 0 Å². The van der Waals surface area contributed by atoms with Crippen LogP contribution in [0.4, 0.5) is 0 Å². The number of carbonyl (C=O) groups excluding carboxylic acids is 1. The maximum Gasteiger partial charge on any atom is 0.243 e. The van der Waals surface area contributed by atoms with Crippen LogP contribution in [0.25, 0.3) is 0 Å². The molecule has 2 aromatic carbocycles. The summed E-state index contributed by atoms with van der Waals surface area (Å²) in [6.45, 7) is 3.62. The average molecular weight is 405 g/mol. The Morgan fingerprint density at radius 3 is 2.37 bits per heavy atom. The Balaban J connectivity index is 1.48. The predicted octanol–water partition coefficient (Wildman–Crippen LogP) is 2.76. The molecule has 0 aliphatic carbocycles. The van der Waals surface area contributed by atoms with Gasteiger partial charge in [0.15, 0.2) is 0 Å². The predicted molar refractivity (Wildman–Crippen MR) is 109 cm³/mol. The summed E-state index contributed by atoms with van der Waals surface area (Å²) in [4.78, 5) is 14.5. The fraction of sp³-hybridized carbons (Fsp3) is 0.350. The number of hydrogen-bond acceptors (Lipinski definition) is 4. The highest BCUT2D eigenvalue weighted by Crippen LogP contribution is 2.18. The molecule has 0 bridgehead atoms. The van der Waals surface area contributed by atoms with Crippen molar-refractivity contribution < 1.29 is 13.2 Å². The van der Waals surface area contributed by atoms with Gasteiger partial charge in [0.2, 0.25) is 15.9 Å². The number of aryl methyl sites for hydroxylation is 1. The molecule has 0 spiro atoms. The van der Waals surface area contributed by atoms with Gasteiger partial charge in [0, 0.05) is 31.9 Å². The van der Waals surface area contributed by atoms with Gasteiger partial charge in [0.25, 0.3) is 0 Å². The van der Waals surface area contributed by atoms with Crippen LogP contribution in [0.1, 0.15) is 11.1 Å². The van der Waals surface area contributed by atoms with Crippen molar-refractivity contribution in [3.63, 3.8) is 0 Å². The Bertz CT molecular complexity index is 877. The first kappa shape index (κ1) is 19.9. The minimum atomic E-state index is -3.48. The molecule has 144 valence electrons. The summed E-state index contributed by atoms with van der Waals surface area (Å²) in [5.41, 5.74) is 2.43. The number of sulfonamides is 1. The molecule has 0 unspecified atom stereocenters. The third kappa shape index (κ3) is 5.12. The van der Waals surface area contributed by atoms with E-state index in [1.807, 2.05) is 6.07 Å². The molecule has 0 N–H and O–H groups in total. The van der Waals surface area contributed by atoms with Crippen LogP contribution >= 0.6 is 11.8 Å². The van der Waals surface area contributed by atoms with E-state index in [4.69, 9.17) is 0 Å². The number of benzene rings is 2. The molecule has 0 atom stereocenters. The van der Waals surface area contributed by atoms with Gasteiger partial charge in [0.05, 0.1) is 10.6 Å². The number of nitrogens with zero attached hydrogens (tertiary/aromatic N) is 2. The summed E-state index contributed by atoms with van der Waals surface area (Å²) in [6, 6.07) is 16.7. The van der Waals surface area contributed by atoms with Crippen LogP contribution in [0.2, 0.25) is 0 Å². The highest BCUT2D eigenvalue weighted by atomic mass is 32.2. The zero-order valence-electron chi connectivity index (χ0n) is 15.4. The lowest BCUT2D eigenvalue weighted by Gasteiger charge is -2.34. The molecule has 7 heteroatoms. The number of thioether (sulfide) groups is 1. The van der Waals surface area contributed by atoms with Crippen molar-refractivity contribution in [2.75, 3.05) is 31.9 Å². The van der Waals surface area contributed by atoms with Crippen LogP contribution in [0.5, 0.6) is 0 Å². The zero-order valence-corrected chi connectivity index (χ0v) is 17.0. The molecule has 5 nitrogen and oxygen atoms in total. The minimum absolute atomic E-state index is 0.0735. The van der Waals surface area contributed by atoms with Crippen molar-refractivity contribution in [2.45, 2.75) is 17.6 Å². The fourth-order valence-corrected chi connectivity index (χ4v) is 5.39. The van der Waals surface area contributed by atoms with Gasteiger partial charge in [-0.15, -0.1) is 11.8 Å². The number of rotatable bonds is 6.